The number of ether oxygens (including phenoxy) is 1. The first-order chi connectivity index (χ1) is 11.0. The third-order valence-corrected chi connectivity index (χ3v) is 3.68. The normalized spacial score (nSPS) is 10.2. The molecule has 2 aromatic carbocycles. The number of benzene rings is 2. The summed E-state index contributed by atoms with van der Waals surface area (Å²) in [5, 5.41) is 3.06. The van der Waals surface area contributed by atoms with Gasteiger partial charge in [0.2, 0.25) is 5.91 Å². The molecule has 2 aromatic rings. The van der Waals surface area contributed by atoms with E-state index in [1.165, 1.54) is 6.07 Å². The van der Waals surface area contributed by atoms with Gasteiger partial charge in [-0.1, -0.05) is 35.9 Å². The Hall–Kier alpha value is -2.33. The molecule has 0 radical (unpaired) electrons. The van der Waals surface area contributed by atoms with Crippen LogP contribution in [0.25, 0.3) is 0 Å². The van der Waals surface area contributed by atoms with Crippen LogP contribution in [0.1, 0.15) is 28.4 Å². The van der Waals surface area contributed by atoms with Crippen molar-refractivity contribution in [2.45, 2.75) is 20.3 Å². The smallest absolute Gasteiger partial charge is 0.338 e. The second-order valence-corrected chi connectivity index (χ2v) is 5.47. The van der Waals surface area contributed by atoms with Crippen molar-refractivity contribution >= 4 is 29.2 Å². The minimum atomic E-state index is -0.438. The quantitative estimate of drug-likeness (QED) is 0.842. The van der Waals surface area contributed by atoms with Crippen LogP contribution in [0.2, 0.25) is 5.02 Å². The number of carbonyl (C=O) groups is 2. The van der Waals surface area contributed by atoms with E-state index in [0.29, 0.717) is 22.9 Å². The minimum absolute atomic E-state index is 0.162. The van der Waals surface area contributed by atoms with Crippen molar-refractivity contribution in [3.8, 4) is 0 Å². The van der Waals surface area contributed by atoms with E-state index >= 15 is 0 Å². The lowest BCUT2D eigenvalue weighted by Crippen LogP contribution is -2.15. The van der Waals surface area contributed by atoms with E-state index in [1.54, 1.807) is 19.1 Å². The molecule has 23 heavy (non-hydrogen) atoms. The molecule has 4 nitrogen and oxygen atoms in total. The zero-order valence-corrected chi connectivity index (χ0v) is 13.8. The fourth-order valence-electron chi connectivity index (χ4n) is 2.13. The van der Waals surface area contributed by atoms with Gasteiger partial charge in [0.1, 0.15) is 0 Å². The van der Waals surface area contributed by atoms with Gasteiger partial charge in [0.05, 0.1) is 29.3 Å². The van der Waals surface area contributed by atoms with Crippen LogP contribution in [0, 0.1) is 6.92 Å². The Morgan fingerprint density at radius 3 is 2.57 bits per heavy atom. The number of carbonyl (C=O) groups excluding carboxylic acids is 2. The molecule has 0 aliphatic rings. The average Bonchev–Trinajstić information content (AvgIpc) is 2.52. The number of aryl methyl sites for hydroxylation is 1. The van der Waals surface area contributed by atoms with Gasteiger partial charge in [0, 0.05) is 0 Å². The molecule has 0 aliphatic heterocycles. The van der Waals surface area contributed by atoms with Crippen molar-refractivity contribution < 1.29 is 14.3 Å². The van der Waals surface area contributed by atoms with Crippen LogP contribution in [0.3, 0.4) is 0 Å². The van der Waals surface area contributed by atoms with Gasteiger partial charge in [-0.25, -0.2) is 4.79 Å². The number of hydrogen-bond donors (Lipinski definition) is 1. The molecule has 0 heterocycles. The Morgan fingerprint density at radius 1 is 1.17 bits per heavy atom. The molecule has 0 fully saturated rings. The lowest BCUT2D eigenvalue weighted by molar-refractivity contribution is -0.115. The van der Waals surface area contributed by atoms with Crippen molar-refractivity contribution in [2.24, 2.45) is 0 Å². The van der Waals surface area contributed by atoms with E-state index in [-0.39, 0.29) is 12.3 Å². The number of esters is 1. The molecule has 120 valence electrons. The molecule has 5 heteroatoms. The van der Waals surface area contributed by atoms with Crippen LogP contribution in [0.4, 0.5) is 5.69 Å². The van der Waals surface area contributed by atoms with E-state index in [0.717, 1.165) is 11.1 Å². The first-order valence-electron chi connectivity index (χ1n) is 7.32. The summed E-state index contributed by atoms with van der Waals surface area (Å²) in [6.07, 6.45) is 0.266. The van der Waals surface area contributed by atoms with Gasteiger partial charge in [0.15, 0.2) is 0 Å². The van der Waals surface area contributed by atoms with Crippen molar-refractivity contribution in [1.29, 1.82) is 0 Å². The van der Waals surface area contributed by atoms with Crippen LogP contribution in [-0.2, 0) is 16.0 Å². The lowest BCUT2D eigenvalue weighted by atomic mass is 10.1. The van der Waals surface area contributed by atoms with Gasteiger partial charge in [-0.05, 0) is 43.2 Å². The third-order valence-electron chi connectivity index (χ3n) is 3.37. The van der Waals surface area contributed by atoms with Gasteiger partial charge in [-0.3, -0.25) is 4.79 Å². The van der Waals surface area contributed by atoms with Crippen LogP contribution < -0.4 is 5.32 Å². The third kappa shape index (κ3) is 4.57. The number of nitrogens with one attached hydrogen (secondary N) is 1. The van der Waals surface area contributed by atoms with E-state index in [2.05, 4.69) is 5.32 Å². The van der Waals surface area contributed by atoms with E-state index < -0.39 is 5.97 Å². The van der Waals surface area contributed by atoms with Gasteiger partial charge in [0.25, 0.3) is 0 Å². The molecule has 0 saturated carbocycles. The highest BCUT2D eigenvalue weighted by Crippen LogP contribution is 2.24. The zero-order chi connectivity index (χ0) is 16.8. The summed E-state index contributed by atoms with van der Waals surface area (Å²) in [5.41, 5.74) is 2.85. The molecular formula is C18H18ClNO3. The maximum Gasteiger partial charge on any atom is 0.338 e. The topological polar surface area (TPSA) is 55.4 Å². The second kappa shape index (κ2) is 7.79. The summed E-state index contributed by atoms with van der Waals surface area (Å²) in [5.74, 6) is -0.600. The van der Waals surface area contributed by atoms with Crippen molar-refractivity contribution in [3.63, 3.8) is 0 Å². The molecule has 0 unspecified atom stereocenters. The molecule has 0 atom stereocenters. The van der Waals surface area contributed by atoms with Gasteiger partial charge < -0.3 is 10.1 Å². The van der Waals surface area contributed by atoms with Gasteiger partial charge in [-0.2, -0.15) is 0 Å². The average molecular weight is 332 g/mol. The second-order valence-electron chi connectivity index (χ2n) is 5.07. The molecular weight excluding hydrogens is 314 g/mol. The SMILES string of the molecule is CCOC(=O)c1ccc(NC(=O)Cc2ccccc2C)c(Cl)c1. The summed E-state index contributed by atoms with van der Waals surface area (Å²) in [4.78, 5) is 23.8. The highest BCUT2D eigenvalue weighted by Gasteiger charge is 2.12. The zero-order valence-electron chi connectivity index (χ0n) is 13.1. The molecule has 0 aromatic heterocycles. The summed E-state index contributed by atoms with van der Waals surface area (Å²) >= 11 is 6.13. The van der Waals surface area contributed by atoms with E-state index in [1.807, 2.05) is 31.2 Å². The van der Waals surface area contributed by atoms with Crippen molar-refractivity contribution in [2.75, 3.05) is 11.9 Å². The largest absolute Gasteiger partial charge is 0.462 e. The minimum Gasteiger partial charge on any atom is -0.462 e. The number of amides is 1. The van der Waals surface area contributed by atoms with Crippen LogP contribution >= 0.6 is 11.6 Å². The Labute approximate surface area is 140 Å². The fourth-order valence-corrected chi connectivity index (χ4v) is 2.36. The summed E-state index contributed by atoms with van der Waals surface area (Å²) in [6, 6.07) is 12.4. The molecule has 0 saturated heterocycles. The molecule has 1 amide bonds. The Balaban J connectivity index is 2.07. The maximum absolute atomic E-state index is 12.1. The monoisotopic (exact) mass is 331 g/mol. The molecule has 0 spiro atoms. The summed E-state index contributed by atoms with van der Waals surface area (Å²) in [7, 11) is 0. The Morgan fingerprint density at radius 2 is 1.91 bits per heavy atom. The number of rotatable bonds is 5. The van der Waals surface area contributed by atoms with Crippen LogP contribution in [0.5, 0.6) is 0 Å². The number of anilines is 1. The maximum atomic E-state index is 12.1. The Bertz CT molecular complexity index is 728. The number of hydrogen-bond acceptors (Lipinski definition) is 3. The number of halogens is 1. The summed E-state index contributed by atoms with van der Waals surface area (Å²) in [6.45, 7) is 3.99. The fraction of sp³-hybridized carbons (Fsp3) is 0.222. The molecule has 2 rings (SSSR count). The van der Waals surface area contributed by atoms with Crippen molar-refractivity contribution in [3.05, 3.63) is 64.2 Å². The van der Waals surface area contributed by atoms with Gasteiger partial charge in [-0.15, -0.1) is 0 Å². The predicted octanol–water partition coefficient (Wildman–Crippen LogP) is 4.01. The van der Waals surface area contributed by atoms with Crippen LogP contribution in [0.15, 0.2) is 42.5 Å². The highest BCUT2D eigenvalue weighted by atomic mass is 35.5. The van der Waals surface area contributed by atoms with E-state index in [4.69, 9.17) is 16.3 Å². The Kier molecular flexibility index (Phi) is 5.77. The predicted molar refractivity (Wildman–Crippen MR) is 90.9 cm³/mol. The first kappa shape index (κ1) is 17.0. The van der Waals surface area contributed by atoms with Gasteiger partial charge >= 0.3 is 5.97 Å². The molecule has 1 N–H and O–H groups in total. The van der Waals surface area contributed by atoms with E-state index in [9.17, 15) is 9.59 Å². The highest BCUT2D eigenvalue weighted by molar-refractivity contribution is 6.34. The van der Waals surface area contributed by atoms with Crippen LogP contribution in [-0.4, -0.2) is 18.5 Å². The molecule has 0 bridgehead atoms. The first-order valence-corrected chi connectivity index (χ1v) is 7.70. The van der Waals surface area contributed by atoms with Crippen molar-refractivity contribution in [1.82, 2.24) is 0 Å². The summed E-state index contributed by atoms with van der Waals surface area (Å²) < 4.78 is 4.91. The lowest BCUT2D eigenvalue weighted by Gasteiger charge is -2.10. The molecule has 0 aliphatic carbocycles. The standard InChI is InChI=1S/C18H18ClNO3/c1-3-23-18(22)14-8-9-16(15(19)10-14)20-17(21)11-13-7-5-4-6-12(13)2/h4-10H,3,11H2,1-2H3,(H,20,21).